The fourth-order valence-electron chi connectivity index (χ4n) is 2.14. The first-order valence-corrected chi connectivity index (χ1v) is 7.08. The van der Waals surface area contributed by atoms with E-state index in [2.05, 4.69) is 32.3 Å². The molecule has 0 aliphatic rings. The van der Waals surface area contributed by atoms with Gasteiger partial charge in [0.25, 0.3) is 0 Å². The van der Waals surface area contributed by atoms with Crippen LogP contribution in [0.2, 0.25) is 0 Å². The summed E-state index contributed by atoms with van der Waals surface area (Å²) in [6, 6.07) is 15.1. The largest absolute Gasteiger partial charge is 0.397 e. The van der Waals surface area contributed by atoms with Gasteiger partial charge < -0.3 is 11.1 Å². The molecule has 3 N–H and O–H groups in total. The molecule has 0 aliphatic carbocycles. The van der Waals surface area contributed by atoms with Crippen LogP contribution in [0.5, 0.6) is 0 Å². The smallest absolute Gasteiger partial charge is 0.0992 e. The van der Waals surface area contributed by atoms with Crippen LogP contribution in [0.15, 0.2) is 53.1 Å². The van der Waals surface area contributed by atoms with Gasteiger partial charge in [-0.3, -0.25) is 4.98 Å². The number of rotatable bonds is 2. The minimum absolute atomic E-state index is 0.608. The fraction of sp³-hybridized carbons (Fsp3) is 0. The van der Waals surface area contributed by atoms with E-state index in [1.807, 2.05) is 30.3 Å². The number of halogens is 1. The number of nitrogens with one attached hydrogen (secondary N) is 1. The minimum Gasteiger partial charge on any atom is -0.397 e. The Morgan fingerprint density at radius 3 is 2.76 bits per heavy atom. The van der Waals surface area contributed by atoms with Gasteiger partial charge in [0.1, 0.15) is 0 Å². The van der Waals surface area contributed by atoms with Crippen molar-refractivity contribution in [3.05, 3.63) is 58.7 Å². The Morgan fingerprint density at radius 2 is 2.00 bits per heavy atom. The van der Waals surface area contributed by atoms with E-state index in [4.69, 9.17) is 11.0 Å². The van der Waals surface area contributed by atoms with Crippen molar-refractivity contribution >= 4 is 43.9 Å². The van der Waals surface area contributed by atoms with E-state index in [1.54, 1.807) is 18.3 Å². The maximum Gasteiger partial charge on any atom is 0.0992 e. The molecule has 0 amide bonds. The molecule has 4 nitrogen and oxygen atoms in total. The van der Waals surface area contributed by atoms with Gasteiger partial charge in [-0.2, -0.15) is 5.26 Å². The van der Waals surface area contributed by atoms with E-state index in [-0.39, 0.29) is 0 Å². The Bertz CT molecular complexity index is 868. The lowest BCUT2D eigenvalue weighted by molar-refractivity contribution is 1.40. The molecule has 0 saturated carbocycles. The average Bonchev–Trinajstić information content (AvgIpc) is 2.50. The standard InChI is InChI=1S/C16H11BrN4/c17-12-8-10(9-18)4-5-15(12)21-14-6-7-20-16-11(14)2-1-3-13(16)19/h1-8H,19H2,(H,20,21). The third-order valence-corrected chi connectivity index (χ3v) is 3.83. The van der Waals surface area contributed by atoms with Crippen LogP contribution in [-0.4, -0.2) is 4.98 Å². The summed E-state index contributed by atoms with van der Waals surface area (Å²) in [5, 5.41) is 13.2. The number of hydrogen-bond acceptors (Lipinski definition) is 4. The van der Waals surface area contributed by atoms with Gasteiger partial charge in [-0.05, 0) is 46.3 Å². The van der Waals surface area contributed by atoms with E-state index < -0.39 is 0 Å². The van der Waals surface area contributed by atoms with Gasteiger partial charge in [0.2, 0.25) is 0 Å². The first kappa shape index (κ1) is 13.4. The van der Waals surface area contributed by atoms with Gasteiger partial charge in [-0.25, -0.2) is 0 Å². The van der Waals surface area contributed by atoms with Crippen LogP contribution < -0.4 is 11.1 Å². The highest BCUT2D eigenvalue weighted by molar-refractivity contribution is 9.10. The van der Waals surface area contributed by atoms with Crippen molar-refractivity contribution in [3.63, 3.8) is 0 Å². The van der Waals surface area contributed by atoms with Gasteiger partial charge >= 0.3 is 0 Å². The highest BCUT2D eigenvalue weighted by atomic mass is 79.9. The van der Waals surface area contributed by atoms with Crippen molar-refractivity contribution in [2.45, 2.75) is 0 Å². The molecule has 0 unspecified atom stereocenters. The first-order valence-electron chi connectivity index (χ1n) is 6.29. The van der Waals surface area contributed by atoms with Gasteiger partial charge in [-0.15, -0.1) is 0 Å². The number of pyridine rings is 1. The zero-order valence-electron chi connectivity index (χ0n) is 11.0. The number of benzene rings is 2. The molecule has 2 aromatic carbocycles. The van der Waals surface area contributed by atoms with Crippen molar-refractivity contribution in [3.8, 4) is 6.07 Å². The summed E-state index contributed by atoms with van der Waals surface area (Å²) in [6.07, 6.45) is 1.72. The summed E-state index contributed by atoms with van der Waals surface area (Å²) in [5.41, 5.74) is 9.77. The van der Waals surface area contributed by atoms with Crippen LogP contribution in [0.25, 0.3) is 10.9 Å². The number of nitrogen functional groups attached to an aromatic ring is 1. The molecule has 1 heterocycles. The predicted octanol–water partition coefficient (Wildman–Crippen LogP) is 4.19. The Hall–Kier alpha value is -2.58. The molecule has 0 saturated heterocycles. The van der Waals surface area contributed by atoms with E-state index in [0.717, 1.165) is 26.8 Å². The number of nitriles is 1. The lowest BCUT2D eigenvalue weighted by atomic mass is 10.1. The summed E-state index contributed by atoms with van der Waals surface area (Å²) in [7, 11) is 0. The Kier molecular flexibility index (Phi) is 3.46. The molecule has 0 bridgehead atoms. The van der Waals surface area contributed by atoms with E-state index in [1.165, 1.54) is 0 Å². The van der Waals surface area contributed by atoms with Gasteiger partial charge in [0, 0.05) is 21.7 Å². The average molecular weight is 339 g/mol. The highest BCUT2D eigenvalue weighted by Crippen LogP contribution is 2.31. The zero-order chi connectivity index (χ0) is 14.8. The van der Waals surface area contributed by atoms with E-state index in [9.17, 15) is 0 Å². The summed E-state index contributed by atoms with van der Waals surface area (Å²) in [4.78, 5) is 4.31. The number of nitrogens with two attached hydrogens (primary N) is 1. The summed E-state index contributed by atoms with van der Waals surface area (Å²) < 4.78 is 0.829. The van der Waals surface area contributed by atoms with Crippen molar-refractivity contribution in [2.75, 3.05) is 11.1 Å². The van der Waals surface area contributed by atoms with E-state index >= 15 is 0 Å². The molecular formula is C16H11BrN4. The third-order valence-electron chi connectivity index (χ3n) is 3.17. The number of anilines is 3. The molecule has 102 valence electrons. The number of hydrogen-bond donors (Lipinski definition) is 2. The molecular weight excluding hydrogens is 328 g/mol. The second kappa shape index (κ2) is 5.43. The minimum atomic E-state index is 0.608. The molecule has 0 fully saturated rings. The molecule has 0 aliphatic heterocycles. The number of aromatic nitrogens is 1. The fourth-order valence-corrected chi connectivity index (χ4v) is 2.62. The molecule has 3 rings (SSSR count). The van der Waals surface area contributed by atoms with Gasteiger partial charge in [0.15, 0.2) is 0 Å². The molecule has 3 aromatic rings. The SMILES string of the molecule is N#Cc1ccc(Nc2ccnc3c(N)cccc23)c(Br)c1. The van der Waals surface area contributed by atoms with Crippen molar-refractivity contribution in [1.82, 2.24) is 4.98 Å². The van der Waals surface area contributed by atoms with Gasteiger partial charge in [-0.1, -0.05) is 12.1 Å². The Balaban J connectivity index is 2.07. The number of fused-ring (bicyclic) bond motifs is 1. The van der Waals surface area contributed by atoms with Crippen molar-refractivity contribution in [1.29, 1.82) is 5.26 Å². The predicted molar refractivity (Wildman–Crippen MR) is 88.3 cm³/mol. The second-order valence-electron chi connectivity index (χ2n) is 4.53. The zero-order valence-corrected chi connectivity index (χ0v) is 12.6. The monoisotopic (exact) mass is 338 g/mol. The lowest BCUT2D eigenvalue weighted by Crippen LogP contribution is -1.96. The third kappa shape index (κ3) is 2.54. The summed E-state index contributed by atoms with van der Waals surface area (Å²) >= 11 is 3.47. The topological polar surface area (TPSA) is 74.7 Å². The van der Waals surface area contributed by atoms with Crippen LogP contribution in [0.1, 0.15) is 5.56 Å². The molecule has 0 spiro atoms. The quantitative estimate of drug-likeness (QED) is 0.687. The molecule has 1 aromatic heterocycles. The molecule has 0 atom stereocenters. The van der Waals surface area contributed by atoms with Crippen molar-refractivity contribution < 1.29 is 0 Å². The first-order chi connectivity index (χ1) is 10.2. The van der Waals surface area contributed by atoms with Crippen LogP contribution >= 0.6 is 15.9 Å². The normalized spacial score (nSPS) is 10.3. The second-order valence-corrected chi connectivity index (χ2v) is 5.39. The van der Waals surface area contributed by atoms with Crippen LogP contribution in [-0.2, 0) is 0 Å². The molecule has 5 heteroatoms. The Morgan fingerprint density at radius 1 is 1.14 bits per heavy atom. The highest BCUT2D eigenvalue weighted by Gasteiger charge is 2.07. The van der Waals surface area contributed by atoms with Crippen LogP contribution in [0, 0.1) is 11.3 Å². The summed E-state index contributed by atoms with van der Waals surface area (Å²) in [5.74, 6) is 0. The number of nitrogens with zero attached hydrogens (tertiary/aromatic N) is 2. The van der Waals surface area contributed by atoms with Crippen LogP contribution in [0.4, 0.5) is 17.1 Å². The van der Waals surface area contributed by atoms with Crippen molar-refractivity contribution in [2.24, 2.45) is 0 Å². The maximum atomic E-state index is 8.90. The van der Waals surface area contributed by atoms with Crippen LogP contribution in [0.3, 0.4) is 0 Å². The van der Waals surface area contributed by atoms with Gasteiger partial charge in [0.05, 0.1) is 28.5 Å². The van der Waals surface area contributed by atoms with E-state index in [0.29, 0.717) is 11.3 Å². The molecule has 21 heavy (non-hydrogen) atoms. The lowest BCUT2D eigenvalue weighted by Gasteiger charge is -2.12. The maximum absolute atomic E-state index is 8.90. The molecule has 0 radical (unpaired) electrons. The number of para-hydroxylation sites is 1. The Labute approximate surface area is 130 Å². The summed E-state index contributed by atoms with van der Waals surface area (Å²) in [6.45, 7) is 0.